The highest BCUT2D eigenvalue weighted by atomic mass is 19.4. The van der Waals surface area contributed by atoms with Crippen LogP contribution in [0, 0.1) is 0 Å². The van der Waals surface area contributed by atoms with Crippen LogP contribution in [0.4, 0.5) is 13.2 Å². The number of fused-ring (bicyclic) bond motifs is 3. The number of nitrogens with zero attached hydrogens (tertiary/aromatic N) is 1. The van der Waals surface area contributed by atoms with Gasteiger partial charge in [-0.3, -0.25) is 9.69 Å². The summed E-state index contributed by atoms with van der Waals surface area (Å²) in [5.74, 6) is -0.0452. The second-order valence-electron chi connectivity index (χ2n) is 9.00. The fourth-order valence-electron chi connectivity index (χ4n) is 4.84. The maximum absolute atomic E-state index is 12.8. The Morgan fingerprint density at radius 3 is 2.58 bits per heavy atom. The molecule has 33 heavy (non-hydrogen) atoms. The molecule has 1 amide bonds. The van der Waals surface area contributed by atoms with Crippen molar-refractivity contribution in [3.8, 4) is 0 Å². The van der Waals surface area contributed by atoms with Gasteiger partial charge >= 0.3 is 6.18 Å². The molecular weight excluding hydrogens is 429 g/mol. The Morgan fingerprint density at radius 1 is 1.09 bits per heavy atom. The largest absolute Gasteiger partial charge is 0.416 e. The number of hydrogen-bond donors (Lipinski definition) is 3. The highest BCUT2D eigenvalue weighted by Gasteiger charge is 2.30. The summed E-state index contributed by atoms with van der Waals surface area (Å²) >= 11 is 0. The molecule has 8 heteroatoms. The van der Waals surface area contributed by atoms with E-state index >= 15 is 0 Å². The number of amides is 1. The zero-order chi connectivity index (χ0) is 23.0. The van der Waals surface area contributed by atoms with E-state index in [0.29, 0.717) is 18.7 Å². The van der Waals surface area contributed by atoms with Crippen LogP contribution in [0.5, 0.6) is 0 Å². The van der Waals surface area contributed by atoms with Crippen molar-refractivity contribution in [3.05, 3.63) is 70.4 Å². The number of halogens is 3. The number of hydrogen-bond acceptors (Lipinski definition) is 3. The van der Waals surface area contributed by atoms with Crippen LogP contribution in [-0.4, -0.2) is 41.5 Å². The van der Waals surface area contributed by atoms with Crippen molar-refractivity contribution in [1.82, 2.24) is 20.5 Å². The lowest BCUT2D eigenvalue weighted by Crippen LogP contribution is -2.42. The molecule has 0 radical (unpaired) electrons. The van der Waals surface area contributed by atoms with Gasteiger partial charge in [0.15, 0.2) is 0 Å². The molecule has 2 aliphatic heterocycles. The van der Waals surface area contributed by atoms with Crippen molar-refractivity contribution in [3.63, 3.8) is 0 Å². The maximum atomic E-state index is 12.8. The number of carbonyl (C=O) groups excluding carboxylic acids is 1. The highest BCUT2D eigenvalue weighted by molar-refractivity contribution is 5.99. The summed E-state index contributed by atoms with van der Waals surface area (Å²) in [5, 5.41) is 7.49. The van der Waals surface area contributed by atoms with Gasteiger partial charge in [0.05, 0.1) is 5.56 Å². The number of benzene rings is 2. The number of piperidine rings is 1. The van der Waals surface area contributed by atoms with Crippen molar-refractivity contribution in [2.24, 2.45) is 0 Å². The van der Waals surface area contributed by atoms with E-state index in [2.05, 4.69) is 20.5 Å². The average molecular weight is 457 g/mol. The molecule has 5 nitrogen and oxygen atoms in total. The summed E-state index contributed by atoms with van der Waals surface area (Å²) in [5.41, 5.74) is 4.23. The number of aromatic nitrogens is 1. The second-order valence-corrected chi connectivity index (χ2v) is 9.00. The van der Waals surface area contributed by atoms with E-state index in [4.69, 9.17) is 0 Å². The van der Waals surface area contributed by atoms with Gasteiger partial charge in [-0.2, -0.15) is 13.2 Å². The van der Waals surface area contributed by atoms with E-state index in [0.717, 1.165) is 67.5 Å². The first kappa shape index (κ1) is 22.0. The Labute approximate surface area is 190 Å². The molecule has 0 bridgehead atoms. The Morgan fingerprint density at radius 2 is 1.85 bits per heavy atom. The van der Waals surface area contributed by atoms with E-state index < -0.39 is 11.7 Å². The molecule has 0 atom stereocenters. The summed E-state index contributed by atoms with van der Waals surface area (Å²) < 4.78 is 38.5. The smallest absolute Gasteiger partial charge is 0.358 e. The summed E-state index contributed by atoms with van der Waals surface area (Å²) in [6.07, 6.45) is -1.61. The molecule has 0 saturated carbocycles. The van der Waals surface area contributed by atoms with Gasteiger partial charge in [0.2, 0.25) is 0 Å². The number of aromatic amines is 1. The molecule has 3 aromatic rings. The van der Waals surface area contributed by atoms with Gasteiger partial charge in [0.25, 0.3) is 5.91 Å². The minimum Gasteiger partial charge on any atom is -0.358 e. The fraction of sp³-hybridized carbons (Fsp3) is 0.400. The monoisotopic (exact) mass is 456 g/mol. The third kappa shape index (κ3) is 4.77. The standard InChI is InChI=1S/C25H27F3N4O/c26-25(27,28)18-4-1-16(2-5-18)14-32-12-9-23-21(15-32)20-13-17(3-6-22(20)31-23)24(33)30-19-7-10-29-11-8-19/h1-6,13,19,29,31H,7-12,14-15H2,(H,30,33). The van der Waals surface area contributed by atoms with E-state index in [9.17, 15) is 18.0 Å². The molecule has 2 aliphatic rings. The van der Waals surface area contributed by atoms with Gasteiger partial charge in [-0.15, -0.1) is 0 Å². The van der Waals surface area contributed by atoms with Crippen LogP contribution in [-0.2, 0) is 25.7 Å². The summed E-state index contributed by atoms with van der Waals surface area (Å²) in [6.45, 7) is 3.94. The quantitative estimate of drug-likeness (QED) is 0.551. The van der Waals surface area contributed by atoms with Gasteiger partial charge in [0.1, 0.15) is 0 Å². The first-order valence-electron chi connectivity index (χ1n) is 11.4. The van der Waals surface area contributed by atoms with Gasteiger partial charge < -0.3 is 15.6 Å². The van der Waals surface area contributed by atoms with E-state index in [-0.39, 0.29) is 11.9 Å². The van der Waals surface area contributed by atoms with Crippen LogP contribution < -0.4 is 10.6 Å². The molecule has 0 unspecified atom stereocenters. The predicted octanol–water partition coefficient (Wildman–Crippen LogP) is 4.23. The number of alkyl halides is 3. The molecule has 1 fully saturated rings. The molecule has 1 aromatic heterocycles. The zero-order valence-corrected chi connectivity index (χ0v) is 18.3. The third-order valence-corrected chi connectivity index (χ3v) is 6.68. The Kier molecular flexibility index (Phi) is 5.88. The van der Waals surface area contributed by atoms with E-state index in [1.807, 2.05) is 18.2 Å². The predicted molar refractivity (Wildman–Crippen MR) is 121 cm³/mol. The number of rotatable bonds is 4. The summed E-state index contributed by atoms with van der Waals surface area (Å²) in [7, 11) is 0. The topological polar surface area (TPSA) is 60.2 Å². The maximum Gasteiger partial charge on any atom is 0.416 e. The zero-order valence-electron chi connectivity index (χ0n) is 18.3. The van der Waals surface area contributed by atoms with Crippen LogP contribution in [0.3, 0.4) is 0 Å². The van der Waals surface area contributed by atoms with Crippen LogP contribution in [0.1, 0.15) is 45.6 Å². The fourth-order valence-corrected chi connectivity index (χ4v) is 4.84. The normalized spacial score (nSPS) is 17.8. The first-order valence-corrected chi connectivity index (χ1v) is 11.4. The van der Waals surface area contributed by atoms with Gasteiger partial charge in [-0.1, -0.05) is 12.1 Å². The number of H-pyrrole nitrogens is 1. The molecule has 3 heterocycles. The van der Waals surface area contributed by atoms with Crippen molar-refractivity contribution in [2.45, 2.75) is 44.6 Å². The number of carbonyl (C=O) groups is 1. The molecule has 3 N–H and O–H groups in total. The van der Waals surface area contributed by atoms with E-state index in [1.54, 1.807) is 12.1 Å². The lowest BCUT2D eigenvalue weighted by Gasteiger charge is -2.27. The lowest BCUT2D eigenvalue weighted by atomic mass is 10.0. The van der Waals surface area contributed by atoms with Crippen molar-refractivity contribution in [1.29, 1.82) is 0 Å². The molecular formula is C25H27F3N4O. The number of nitrogens with one attached hydrogen (secondary N) is 3. The van der Waals surface area contributed by atoms with Gasteiger partial charge in [-0.25, -0.2) is 0 Å². The van der Waals surface area contributed by atoms with Crippen LogP contribution in [0.25, 0.3) is 10.9 Å². The molecule has 0 spiro atoms. The van der Waals surface area contributed by atoms with Crippen molar-refractivity contribution < 1.29 is 18.0 Å². The highest BCUT2D eigenvalue weighted by Crippen LogP contribution is 2.31. The van der Waals surface area contributed by atoms with Crippen LogP contribution in [0.15, 0.2) is 42.5 Å². The van der Waals surface area contributed by atoms with E-state index in [1.165, 1.54) is 11.3 Å². The van der Waals surface area contributed by atoms with Gasteiger partial charge in [0, 0.05) is 54.3 Å². The molecule has 174 valence electrons. The average Bonchev–Trinajstić information content (AvgIpc) is 3.17. The van der Waals surface area contributed by atoms with Gasteiger partial charge in [-0.05, 0) is 67.4 Å². The SMILES string of the molecule is O=C(NC1CCNCC1)c1ccc2[nH]c3c(c2c1)CN(Cc1ccc(C(F)(F)F)cc1)CC3. The minimum absolute atomic E-state index is 0.0452. The molecule has 5 rings (SSSR count). The Hall–Kier alpha value is -2.84. The van der Waals surface area contributed by atoms with Crippen molar-refractivity contribution in [2.75, 3.05) is 19.6 Å². The van der Waals surface area contributed by atoms with Crippen molar-refractivity contribution >= 4 is 16.8 Å². The molecule has 1 saturated heterocycles. The minimum atomic E-state index is -4.32. The first-order chi connectivity index (χ1) is 15.9. The molecule has 0 aliphatic carbocycles. The summed E-state index contributed by atoms with van der Waals surface area (Å²) in [6, 6.07) is 11.4. The summed E-state index contributed by atoms with van der Waals surface area (Å²) in [4.78, 5) is 18.5. The molecule has 2 aromatic carbocycles. The second kappa shape index (κ2) is 8.83. The Balaban J connectivity index is 1.31. The lowest BCUT2D eigenvalue weighted by molar-refractivity contribution is -0.137. The van der Waals surface area contributed by atoms with Crippen LogP contribution in [0.2, 0.25) is 0 Å². The third-order valence-electron chi connectivity index (χ3n) is 6.68. The van der Waals surface area contributed by atoms with Crippen LogP contribution >= 0.6 is 0 Å². The Bertz CT molecular complexity index is 1150.